The Balaban J connectivity index is 2.32. The van der Waals surface area contributed by atoms with Gasteiger partial charge >= 0.3 is 5.97 Å². The van der Waals surface area contributed by atoms with E-state index < -0.39 is 17.9 Å². The Morgan fingerprint density at radius 2 is 1.83 bits per heavy atom. The van der Waals surface area contributed by atoms with E-state index in [0.717, 1.165) is 5.39 Å². The molecule has 122 valence electrons. The number of rotatable bonds is 7. The molecule has 2 rings (SSSR count). The van der Waals surface area contributed by atoms with E-state index in [0.29, 0.717) is 16.7 Å². The highest BCUT2D eigenvalue weighted by Crippen LogP contribution is 2.28. The molecule has 6 heteroatoms. The van der Waals surface area contributed by atoms with Gasteiger partial charge in [0.15, 0.2) is 0 Å². The lowest BCUT2D eigenvalue weighted by molar-refractivity contribution is -0.139. The fourth-order valence-electron chi connectivity index (χ4n) is 2.38. The van der Waals surface area contributed by atoms with Gasteiger partial charge in [0.1, 0.15) is 11.8 Å². The first-order valence-electron chi connectivity index (χ1n) is 7.16. The SMILES string of the molecule is COCCC(NC(=O)c1ccc(OC)c2ccccc12)C(=O)O. The van der Waals surface area contributed by atoms with Crippen molar-refractivity contribution < 1.29 is 24.2 Å². The molecular weight excluding hydrogens is 298 g/mol. The van der Waals surface area contributed by atoms with Crippen molar-refractivity contribution in [1.29, 1.82) is 0 Å². The highest BCUT2D eigenvalue weighted by Gasteiger charge is 2.21. The van der Waals surface area contributed by atoms with Crippen LogP contribution in [0.15, 0.2) is 36.4 Å². The molecule has 0 bridgehead atoms. The maximum absolute atomic E-state index is 12.5. The summed E-state index contributed by atoms with van der Waals surface area (Å²) >= 11 is 0. The number of aliphatic carboxylic acids is 1. The quantitative estimate of drug-likeness (QED) is 0.816. The third-order valence-corrected chi connectivity index (χ3v) is 3.56. The van der Waals surface area contributed by atoms with Crippen LogP contribution in [0.25, 0.3) is 10.8 Å². The number of carboxylic acids is 1. The maximum atomic E-state index is 12.5. The van der Waals surface area contributed by atoms with Gasteiger partial charge in [-0.05, 0) is 17.5 Å². The zero-order valence-electron chi connectivity index (χ0n) is 13.0. The van der Waals surface area contributed by atoms with Gasteiger partial charge in [-0.1, -0.05) is 24.3 Å². The first-order chi connectivity index (χ1) is 11.1. The van der Waals surface area contributed by atoms with Crippen LogP contribution in [0.2, 0.25) is 0 Å². The Morgan fingerprint density at radius 3 is 2.43 bits per heavy atom. The van der Waals surface area contributed by atoms with E-state index >= 15 is 0 Å². The van der Waals surface area contributed by atoms with E-state index in [1.807, 2.05) is 18.2 Å². The normalized spacial score (nSPS) is 11.9. The molecule has 23 heavy (non-hydrogen) atoms. The predicted octanol–water partition coefficient (Wildman–Crippen LogP) is 2.07. The lowest BCUT2D eigenvalue weighted by Gasteiger charge is -2.15. The molecule has 0 aliphatic rings. The smallest absolute Gasteiger partial charge is 0.326 e. The molecule has 0 fully saturated rings. The number of benzene rings is 2. The molecule has 0 aliphatic heterocycles. The predicted molar refractivity (Wildman–Crippen MR) is 85.9 cm³/mol. The van der Waals surface area contributed by atoms with Crippen LogP contribution in [0.5, 0.6) is 5.75 Å². The van der Waals surface area contributed by atoms with Crippen molar-refractivity contribution in [2.75, 3.05) is 20.8 Å². The lowest BCUT2D eigenvalue weighted by atomic mass is 10.0. The first kappa shape index (κ1) is 16.8. The van der Waals surface area contributed by atoms with E-state index in [4.69, 9.17) is 9.47 Å². The van der Waals surface area contributed by atoms with Gasteiger partial charge in [0.05, 0.1) is 7.11 Å². The van der Waals surface area contributed by atoms with Crippen molar-refractivity contribution >= 4 is 22.6 Å². The number of hydrogen-bond acceptors (Lipinski definition) is 4. The van der Waals surface area contributed by atoms with Gasteiger partial charge in [-0.3, -0.25) is 4.79 Å². The van der Waals surface area contributed by atoms with E-state index in [1.165, 1.54) is 7.11 Å². The van der Waals surface area contributed by atoms with Gasteiger partial charge in [0.2, 0.25) is 0 Å². The van der Waals surface area contributed by atoms with Crippen LogP contribution in [0.1, 0.15) is 16.8 Å². The second-order valence-corrected chi connectivity index (χ2v) is 5.01. The van der Waals surface area contributed by atoms with Gasteiger partial charge in [0.25, 0.3) is 5.91 Å². The van der Waals surface area contributed by atoms with E-state index in [-0.39, 0.29) is 13.0 Å². The second kappa shape index (κ2) is 7.60. The Kier molecular flexibility index (Phi) is 5.54. The standard InChI is InChI=1S/C17H19NO5/c1-22-10-9-14(17(20)21)18-16(19)13-7-8-15(23-2)12-6-4-3-5-11(12)13/h3-8,14H,9-10H2,1-2H3,(H,18,19)(H,20,21). The summed E-state index contributed by atoms with van der Waals surface area (Å²) in [6.07, 6.45) is 0.200. The Bertz CT molecular complexity index is 713. The van der Waals surface area contributed by atoms with Crippen molar-refractivity contribution in [3.05, 3.63) is 42.0 Å². The number of carbonyl (C=O) groups excluding carboxylic acids is 1. The summed E-state index contributed by atoms with van der Waals surface area (Å²) in [6.45, 7) is 0.251. The molecule has 0 saturated carbocycles. The monoisotopic (exact) mass is 317 g/mol. The van der Waals surface area contributed by atoms with E-state index in [9.17, 15) is 14.7 Å². The average molecular weight is 317 g/mol. The zero-order valence-corrected chi connectivity index (χ0v) is 13.0. The molecule has 1 amide bonds. The van der Waals surface area contributed by atoms with Crippen LogP contribution in [0.4, 0.5) is 0 Å². The number of methoxy groups -OCH3 is 2. The summed E-state index contributed by atoms with van der Waals surface area (Å²) in [4.78, 5) is 23.7. The van der Waals surface area contributed by atoms with Gasteiger partial charge in [-0.25, -0.2) is 4.79 Å². The Morgan fingerprint density at radius 1 is 1.13 bits per heavy atom. The summed E-state index contributed by atoms with van der Waals surface area (Å²) in [5.74, 6) is -0.869. The van der Waals surface area contributed by atoms with Crippen LogP contribution in [0.3, 0.4) is 0 Å². The second-order valence-electron chi connectivity index (χ2n) is 5.01. The number of ether oxygens (including phenoxy) is 2. The third-order valence-electron chi connectivity index (χ3n) is 3.56. The minimum absolute atomic E-state index is 0.200. The van der Waals surface area contributed by atoms with Crippen molar-refractivity contribution in [3.63, 3.8) is 0 Å². The fraction of sp³-hybridized carbons (Fsp3) is 0.294. The molecule has 0 spiro atoms. The molecule has 0 radical (unpaired) electrons. The van der Waals surface area contributed by atoms with Crippen molar-refractivity contribution in [1.82, 2.24) is 5.32 Å². The summed E-state index contributed by atoms with van der Waals surface area (Å²) in [6, 6.07) is 9.66. The summed E-state index contributed by atoms with van der Waals surface area (Å²) in [5, 5.41) is 13.2. The summed E-state index contributed by atoms with van der Waals surface area (Å²) in [7, 11) is 3.05. The average Bonchev–Trinajstić information content (AvgIpc) is 2.57. The van der Waals surface area contributed by atoms with Crippen molar-refractivity contribution in [3.8, 4) is 5.75 Å². The minimum atomic E-state index is -1.09. The van der Waals surface area contributed by atoms with Crippen LogP contribution >= 0.6 is 0 Å². The van der Waals surface area contributed by atoms with Crippen LogP contribution in [-0.2, 0) is 9.53 Å². The molecule has 0 aliphatic carbocycles. The molecular formula is C17H19NO5. The van der Waals surface area contributed by atoms with Crippen LogP contribution in [-0.4, -0.2) is 43.9 Å². The largest absolute Gasteiger partial charge is 0.496 e. The number of carboxylic acid groups (broad SMARTS) is 1. The first-order valence-corrected chi connectivity index (χ1v) is 7.16. The molecule has 0 aromatic heterocycles. The molecule has 1 atom stereocenters. The van der Waals surface area contributed by atoms with Gasteiger partial charge in [0, 0.05) is 31.1 Å². The highest BCUT2D eigenvalue weighted by molar-refractivity contribution is 6.09. The topological polar surface area (TPSA) is 84.9 Å². The number of amides is 1. The molecule has 2 aromatic carbocycles. The van der Waals surface area contributed by atoms with Crippen LogP contribution in [0, 0.1) is 0 Å². The molecule has 0 heterocycles. The molecule has 1 unspecified atom stereocenters. The number of nitrogens with one attached hydrogen (secondary N) is 1. The van der Waals surface area contributed by atoms with Gasteiger partial charge in [-0.2, -0.15) is 0 Å². The Labute approximate surface area is 134 Å². The van der Waals surface area contributed by atoms with Crippen molar-refractivity contribution in [2.45, 2.75) is 12.5 Å². The van der Waals surface area contributed by atoms with E-state index in [2.05, 4.69) is 5.32 Å². The maximum Gasteiger partial charge on any atom is 0.326 e. The molecule has 0 saturated heterocycles. The number of carbonyl (C=O) groups is 2. The highest BCUT2D eigenvalue weighted by atomic mass is 16.5. The third kappa shape index (κ3) is 3.78. The zero-order chi connectivity index (χ0) is 16.8. The van der Waals surface area contributed by atoms with Gasteiger partial charge in [-0.15, -0.1) is 0 Å². The number of hydrogen-bond donors (Lipinski definition) is 2. The summed E-state index contributed by atoms with van der Waals surface area (Å²) in [5.41, 5.74) is 0.407. The Hall–Kier alpha value is -2.60. The number of fused-ring (bicyclic) bond motifs is 1. The molecule has 2 aromatic rings. The molecule has 6 nitrogen and oxygen atoms in total. The van der Waals surface area contributed by atoms with Gasteiger partial charge < -0.3 is 19.9 Å². The summed E-state index contributed by atoms with van der Waals surface area (Å²) < 4.78 is 10.2. The fourth-order valence-corrected chi connectivity index (χ4v) is 2.38. The van der Waals surface area contributed by atoms with Crippen LogP contribution < -0.4 is 10.1 Å². The van der Waals surface area contributed by atoms with E-state index in [1.54, 1.807) is 25.3 Å². The minimum Gasteiger partial charge on any atom is -0.496 e. The lowest BCUT2D eigenvalue weighted by Crippen LogP contribution is -2.41. The van der Waals surface area contributed by atoms with Crippen molar-refractivity contribution in [2.24, 2.45) is 0 Å². The molecule has 2 N–H and O–H groups in total.